The first-order valence-corrected chi connectivity index (χ1v) is 7.16. The van der Waals surface area contributed by atoms with E-state index in [2.05, 4.69) is 40.7 Å². The summed E-state index contributed by atoms with van der Waals surface area (Å²) in [5.41, 5.74) is 8.06. The van der Waals surface area contributed by atoms with Gasteiger partial charge in [-0.25, -0.2) is 0 Å². The van der Waals surface area contributed by atoms with Crippen molar-refractivity contribution in [2.75, 3.05) is 12.3 Å². The van der Waals surface area contributed by atoms with Crippen LogP contribution in [0.1, 0.15) is 32.3 Å². The number of benzene rings is 1. The molecule has 1 saturated heterocycles. The Morgan fingerprint density at radius 1 is 1.47 bits per heavy atom. The van der Waals surface area contributed by atoms with Gasteiger partial charge in [-0.15, -0.1) is 0 Å². The van der Waals surface area contributed by atoms with Crippen LogP contribution in [0.25, 0.3) is 0 Å². The molecule has 0 amide bonds. The van der Waals surface area contributed by atoms with E-state index in [0.717, 1.165) is 28.7 Å². The average molecular weight is 297 g/mol. The molecule has 1 fully saturated rings. The van der Waals surface area contributed by atoms with Gasteiger partial charge in [-0.3, -0.25) is 4.90 Å². The highest BCUT2D eigenvalue weighted by Crippen LogP contribution is 2.29. The fraction of sp³-hybridized carbons (Fsp3) is 0.571. The van der Waals surface area contributed by atoms with E-state index in [9.17, 15) is 0 Å². The second kappa shape index (κ2) is 5.40. The first-order chi connectivity index (χ1) is 8.09. The van der Waals surface area contributed by atoms with Gasteiger partial charge in [0, 0.05) is 22.7 Å². The highest BCUT2D eigenvalue weighted by atomic mass is 79.9. The predicted octanol–water partition coefficient (Wildman–Crippen LogP) is 3.65. The fourth-order valence-electron chi connectivity index (χ4n) is 2.74. The molecule has 2 N–H and O–H groups in total. The van der Waals surface area contributed by atoms with Crippen molar-refractivity contribution in [3.63, 3.8) is 0 Å². The molecule has 1 aliphatic heterocycles. The zero-order valence-corrected chi connectivity index (χ0v) is 12.2. The molecule has 1 unspecified atom stereocenters. The SMILES string of the molecule is CC(C)C1CCCN1Cc1cccc(N)c1Br. The van der Waals surface area contributed by atoms with Crippen molar-refractivity contribution in [1.29, 1.82) is 0 Å². The maximum absolute atomic E-state index is 5.92. The van der Waals surface area contributed by atoms with Crippen LogP contribution in [0.5, 0.6) is 0 Å². The van der Waals surface area contributed by atoms with Crippen LogP contribution in [0.3, 0.4) is 0 Å². The van der Waals surface area contributed by atoms with Gasteiger partial charge in [-0.2, -0.15) is 0 Å². The van der Waals surface area contributed by atoms with Crippen LogP contribution in [-0.4, -0.2) is 17.5 Å². The molecule has 1 heterocycles. The van der Waals surface area contributed by atoms with Gasteiger partial charge in [0.05, 0.1) is 0 Å². The Labute approximate surface area is 112 Å². The van der Waals surface area contributed by atoms with Gasteiger partial charge in [0.1, 0.15) is 0 Å². The Hall–Kier alpha value is -0.540. The van der Waals surface area contributed by atoms with Crippen LogP contribution in [-0.2, 0) is 6.54 Å². The highest BCUT2D eigenvalue weighted by molar-refractivity contribution is 9.10. The second-order valence-electron chi connectivity index (χ2n) is 5.24. The number of likely N-dealkylation sites (tertiary alicyclic amines) is 1. The topological polar surface area (TPSA) is 29.3 Å². The van der Waals surface area contributed by atoms with E-state index in [0.29, 0.717) is 0 Å². The number of hydrogen-bond donors (Lipinski definition) is 1. The summed E-state index contributed by atoms with van der Waals surface area (Å²) in [5, 5.41) is 0. The largest absolute Gasteiger partial charge is 0.398 e. The van der Waals surface area contributed by atoms with E-state index in [1.807, 2.05) is 12.1 Å². The Balaban J connectivity index is 2.12. The Morgan fingerprint density at radius 2 is 2.24 bits per heavy atom. The summed E-state index contributed by atoms with van der Waals surface area (Å²) in [6.07, 6.45) is 2.65. The van der Waals surface area contributed by atoms with Crippen molar-refractivity contribution >= 4 is 21.6 Å². The zero-order chi connectivity index (χ0) is 12.4. The molecule has 0 bridgehead atoms. The van der Waals surface area contributed by atoms with E-state index >= 15 is 0 Å². The molecule has 0 aliphatic carbocycles. The lowest BCUT2D eigenvalue weighted by atomic mass is 10.0. The van der Waals surface area contributed by atoms with Gasteiger partial charge in [0.25, 0.3) is 0 Å². The van der Waals surface area contributed by atoms with Gasteiger partial charge >= 0.3 is 0 Å². The summed E-state index contributed by atoms with van der Waals surface area (Å²) < 4.78 is 1.06. The molecule has 0 spiro atoms. The lowest BCUT2D eigenvalue weighted by molar-refractivity contribution is 0.198. The molecular formula is C14H21BrN2. The van der Waals surface area contributed by atoms with Gasteiger partial charge in [-0.1, -0.05) is 26.0 Å². The molecule has 2 rings (SSSR count). The summed E-state index contributed by atoms with van der Waals surface area (Å²) in [4.78, 5) is 2.59. The lowest BCUT2D eigenvalue weighted by Gasteiger charge is -2.28. The van der Waals surface area contributed by atoms with Crippen LogP contribution in [0.4, 0.5) is 5.69 Å². The van der Waals surface area contributed by atoms with E-state index in [4.69, 9.17) is 5.73 Å². The third-order valence-corrected chi connectivity index (χ3v) is 4.63. The number of nitrogens with zero attached hydrogens (tertiary/aromatic N) is 1. The number of nitrogens with two attached hydrogens (primary N) is 1. The number of nitrogen functional groups attached to an aromatic ring is 1. The van der Waals surface area contributed by atoms with Crippen LogP contribution < -0.4 is 5.73 Å². The Bertz CT molecular complexity index is 390. The van der Waals surface area contributed by atoms with Gasteiger partial charge in [0.15, 0.2) is 0 Å². The second-order valence-corrected chi connectivity index (χ2v) is 6.04. The van der Waals surface area contributed by atoms with Crippen LogP contribution in [0, 0.1) is 5.92 Å². The standard InChI is InChI=1S/C14H21BrN2/c1-10(2)13-7-4-8-17(13)9-11-5-3-6-12(16)14(11)15/h3,5-6,10,13H,4,7-9,16H2,1-2H3. The lowest BCUT2D eigenvalue weighted by Crippen LogP contribution is -2.32. The fourth-order valence-corrected chi connectivity index (χ4v) is 3.13. The van der Waals surface area contributed by atoms with E-state index in [1.165, 1.54) is 24.9 Å². The van der Waals surface area contributed by atoms with Crippen molar-refractivity contribution in [3.05, 3.63) is 28.2 Å². The first-order valence-electron chi connectivity index (χ1n) is 6.36. The highest BCUT2D eigenvalue weighted by Gasteiger charge is 2.27. The van der Waals surface area contributed by atoms with Crippen molar-refractivity contribution in [1.82, 2.24) is 4.90 Å². The number of anilines is 1. The molecule has 0 aromatic heterocycles. The van der Waals surface area contributed by atoms with E-state index in [-0.39, 0.29) is 0 Å². The minimum absolute atomic E-state index is 0.725. The molecular weight excluding hydrogens is 276 g/mol. The molecule has 3 heteroatoms. The van der Waals surface area contributed by atoms with Crippen molar-refractivity contribution in [2.45, 2.75) is 39.3 Å². The summed E-state index contributed by atoms with van der Waals surface area (Å²) in [5.74, 6) is 0.734. The average Bonchev–Trinajstić information content (AvgIpc) is 2.73. The smallest absolute Gasteiger partial charge is 0.0461 e. The van der Waals surface area contributed by atoms with E-state index < -0.39 is 0 Å². The van der Waals surface area contributed by atoms with Gasteiger partial charge in [-0.05, 0) is 52.9 Å². The predicted molar refractivity (Wildman–Crippen MR) is 76.8 cm³/mol. The van der Waals surface area contributed by atoms with Gasteiger partial charge in [0.2, 0.25) is 0 Å². The third kappa shape index (κ3) is 2.83. The van der Waals surface area contributed by atoms with Crippen LogP contribution in [0.15, 0.2) is 22.7 Å². The van der Waals surface area contributed by atoms with Crippen LogP contribution >= 0.6 is 15.9 Å². The van der Waals surface area contributed by atoms with Crippen molar-refractivity contribution < 1.29 is 0 Å². The summed E-state index contributed by atoms with van der Waals surface area (Å²) in [6, 6.07) is 6.87. The number of rotatable bonds is 3. The zero-order valence-electron chi connectivity index (χ0n) is 10.6. The minimum atomic E-state index is 0.725. The Kier molecular flexibility index (Phi) is 4.10. The molecule has 1 aromatic rings. The quantitative estimate of drug-likeness (QED) is 0.863. The molecule has 0 radical (unpaired) electrons. The molecule has 1 atom stereocenters. The third-order valence-electron chi connectivity index (χ3n) is 3.67. The monoisotopic (exact) mass is 296 g/mol. The summed E-state index contributed by atoms with van der Waals surface area (Å²) in [6.45, 7) is 6.85. The molecule has 17 heavy (non-hydrogen) atoms. The van der Waals surface area contributed by atoms with Crippen LogP contribution in [0.2, 0.25) is 0 Å². The number of hydrogen-bond acceptors (Lipinski definition) is 2. The first kappa shape index (κ1) is 12.9. The number of halogens is 1. The molecule has 2 nitrogen and oxygen atoms in total. The molecule has 1 aliphatic rings. The van der Waals surface area contributed by atoms with Gasteiger partial charge < -0.3 is 5.73 Å². The molecule has 0 saturated carbocycles. The summed E-state index contributed by atoms with van der Waals surface area (Å²) in [7, 11) is 0. The normalized spacial score (nSPS) is 21.3. The molecule has 94 valence electrons. The van der Waals surface area contributed by atoms with E-state index in [1.54, 1.807) is 0 Å². The summed E-state index contributed by atoms with van der Waals surface area (Å²) >= 11 is 3.59. The Morgan fingerprint density at radius 3 is 2.94 bits per heavy atom. The van der Waals surface area contributed by atoms with Crippen molar-refractivity contribution in [3.8, 4) is 0 Å². The molecule has 1 aromatic carbocycles. The minimum Gasteiger partial charge on any atom is -0.398 e. The van der Waals surface area contributed by atoms with Crippen molar-refractivity contribution in [2.24, 2.45) is 5.92 Å². The maximum Gasteiger partial charge on any atom is 0.0461 e. The maximum atomic E-state index is 5.92.